The summed E-state index contributed by atoms with van der Waals surface area (Å²) in [5, 5.41) is 2.28. The largest absolute Gasteiger partial charge is 0.726 e. The average molecular weight is 311 g/mol. The second kappa shape index (κ2) is 16.9. The highest BCUT2D eigenvalue weighted by Crippen LogP contribution is 2.09. The standard InChI is InChI=1S/C13H29N.CH4O4S/c1-3-4-5-6-7-8-9-10-11-12-13-14-2;1-5-6(2,3)4/h14H,3-13H2,1-2H3;1H3,(H,2,3,4). The van der Waals surface area contributed by atoms with Crippen molar-refractivity contribution in [3.8, 4) is 0 Å². The minimum atomic E-state index is -4.41. The molecule has 0 fully saturated rings. The Hall–Kier alpha value is -0.170. The highest BCUT2D eigenvalue weighted by atomic mass is 32.3. The van der Waals surface area contributed by atoms with E-state index >= 15 is 0 Å². The van der Waals surface area contributed by atoms with Crippen molar-refractivity contribution < 1.29 is 22.5 Å². The van der Waals surface area contributed by atoms with Crippen molar-refractivity contribution in [3.05, 3.63) is 0 Å². The van der Waals surface area contributed by atoms with Crippen molar-refractivity contribution in [1.29, 1.82) is 0 Å². The molecule has 6 heteroatoms. The van der Waals surface area contributed by atoms with Gasteiger partial charge < -0.3 is 9.87 Å². The van der Waals surface area contributed by atoms with Crippen LogP contribution >= 0.6 is 0 Å². The predicted molar refractivity (Wildman–Crippen MR) is 81.3 cm³/mol. The second-order valence-electron chi connectivity index (χ2n) is 4.95. The summed E-state index contributed by atoms with van der Waals surface area (Å²) in [5.74, 6) is 0. The van der Waals surface area contributed by atoms with E-state index in [0.717, 1.165) is 7.11 Å². The van der Waals surface area contributed by atoms with Gasteiger partial charge in [0.1, 0.15) is 0 Å². The van der Waals surface area contributed by atoms with Gasteiger partial charge in [0.2, 0.25) is 10.4 Å². The Morgan fingerprint density at radius 1 is 0.900 bits per heavy atom. The molecule has 0 aromatic rings. The van der Waals surface area contributed by atoms with Crippen molar-refractivity contribution in [3.63, 3.8) is 0 Å². The molecule has 2 N–H and O–H groups in total. The highest BCUT2D eigenvalue weighted by Gasteiger charge is 1.92. The molecule has 0 aromatic heterocycles. The summed E-state index contributed by atoms with van der Waals surface area (Å²) in [6.07, 6.45) is 14.5. The van der Waals surface area contributed by atoms with Gasteiger partial charge >= 0.3 is 0 Å². The van der Waals surface area contributed by atoms with Gasteiger partial charge in [0.15, 0.2) is 0 Å². The van der Waals surface area contributed by atoms with Gasteiger partial charge in [-0.15, -0.1) is 0 Å². The zero-order valence-corrected chi connectivity index (χ0v) is 14.2. The van der Waals surface area contributed by atoms with Crippen LogP contribution in [0.3, 0.4) is 0 Å². The molecule has 5 nitrogen and oxygen atoms in total. The Balaban J connectivity index is 0. The van der Waals surface area contributed by atoms with E-state index in [1.165, 1.54) is 70.8 Å². The molecule has 0 saturated carbocycles. The molecule has 0 aromatic carbocycles. The van der Waals surface area contributed by atoms with Crippen LogP contribution in [-0.2, 0) is 14.6 Å². The van der Waals surface area contributed by atoms with Crippen molar-refractivity contribution in [2.75, 3.05) is 20.7 Å². The fraction of sp³-hybridized carbons (Fsp3) is 1.00. The Morgan fingerprint density at radius 3 is 1.55 bits per heavy atom. The summed E-state index contributed by atoms with van der Waals surface area (Å²) in [6, 6.07) is 0. The predicted octanol–water partition coefficient (Wildman–Crippen LogP) is 2.19. The first kappa shape index (κ1) is 22.1. The summed E-state index contributed by atoms with van der Waals surface area (Å²) in [5.41, 5.74) is 0. The van der Waals surface area contributed by atoms with E-state index in [2.05, 4.69) is 23.5 Å². The first-order valence-electron chi connectivity index (χ1n) is 7.77. The Bertz CT molecular complexity index is 256. The maximum Gasteiger partial charge on any atom is 0.217 e. The minimum Gasteiger partial charge on any atom is -0.726 e. The number of hydrogen-bond acceptors (Lipinski definition) is 4. The van der Waals surface area contributed by atoms with Crippen LogP contribution in [0.25, 0.3) is 0 Å². The molecule has 0 amide bonds. The molecule has 0 saturated heterocycles. The Morgan fingerprint density at radius 2 is 1.25 bits per heavy atom. The van der Waals surface area contributed by atoms with E-state index in [9.17, 15) is 13.0 Å². The molecule has 0 radical (unpaired) electrons. The summed E-state index contributed by atoms with van der Waals surface area (Å²) in [4.78, 5) is 0. The molecule has 0 aliphatic heterocycles. The van der Waals surface area contributed by atoms with E-state index < -0.39 is 10.4 Å². The monoisotopic (exact) mass is 311 g/mol. The molecule has 0 rings (SSSR count). The lowest BCUT2D eigenvalue weighted by Crippen LogP contribution is -2.79. The van der Waals surface area contributed by atoms with Crippen LogP contribution in [0.5, 0.6) is 0 Å². The topological polar surface area (TPSA) is 83.0 Å². The zero-order valence-electron chi connectivity index (χ0n) is 13.4. The van der Waals surface area contributed by atoms with Gasteiger partial charge in [0.25, 0.3) is 0 Å². The summed E-state index contributed by atoms with van der Waals surface area (Å²) >= 11 is 0. The third-order valence-corrected chi connectivity index (χ3v) is 3.46. The fourth-order valence-corrected chi connectivity index (χ4v) is 1.84. The third kappa shape index (κ3) is 26.4. The zero-order chi connectivity index (χ0) is 15.7. The van der Waals surface area contributed by atoms with Crippen LogP contribution in [0.2, 0.25) is 0 Å². The quantitative estimate of drug-likeness (QED) is 0.340. The van der Waals surface area contributed by atoms with Crippen molar-refractivity contribution in [2.45, 2.75) is 71.1 Å². The van der Waals surface area contributed by atoms with Gasteiger partial charge in [-0.2, -0.15) is 0 Å². The van der Waals surface area contributed by atoms with Gasteiger partial charge in [-0.05, 0) is 12.8 Å². The van der Waals surface area contributed by atoms with Gasteiger partial charge in [0.05, 0.1) is 20.7 Å². The van der Waals surface area contributed by atoms with Crippen LogP contribution in [0.1, 0.15) is 71.1 Å². The Kier molecular flexibility index (Phi) is 18.7. The second-order valence-corrected chi connectivity index (χ2v) is 6.10. The summed E-state index contributed by atoms with van der Waals surface area (Å²) in [6.45, 7) is 3.60. The average Bonchev–Trinajstić information content (AvgIpc) is 2.41. The smallest absolute Gasteiger partial charge is 0.217 e. The van der Waals surface area contributed by atoms with Crippen molar-refractivity contribution in [2.24, 2.45) is 0 Å². The molecule has 0 aliphatic rings. The number of hydrogen-bond donors (Lipinski definition) is 1. The first-order valence-corrected chi connectivity index (χ1v) is 9.10. The number of quaternary nitrogens is 1. The molecule has 0 heterocycles. The maximum absolute atomic E-state index is 9.22. The Labute approximate surface area is 125 Å². The molecule has 124 valence electrons. The van der Waals surface area contributed by atoms with Gasteiger partial charge in [-0.3, -0.25) is 4.18 Å². The fourth-order valence-electron chi connectivity index (χ4n) is 1.84. The van der Waals surface area contributed by atoms with Crippen LogP contribution < -0.4 is 5.32 Å². The molecule has 0 unspecified atom stereocenters. The van der Waals surface area contributed by atoms with Crippen LogP contribution in [0, 0.1) is 0 Å². The van der Waals surface area contributed by atoms with E-state index in [1.807, 2.05) is 0 Å². The normalized spacial score (nSPS) is 11.0. The van der Waals surface area contributed by atoms with E-state index in [0.29, 0.717) is 0 Å². The van der Waals surface area contributed by atoms with Gasteiger partial charge in [-0.1, -0.05) is 58.3 Å². The number of rotatable bonds is 12. The van der Waals surface area contributed by atoms with Crippen LogP contribution in [-0.4, -0.2) is 33.7 Å². The summed E-state index contributed by atoms with van der Waals surface area (Å²) in [7, 11) is -1.44. The highest BCUT2D eigenvalue weighted by molar-refractivity contribution is 7.80. The number of unbranched alkanes of at least 4 members (excludes halogenated alkanes) is 9. The van der Waals surface area contributed by atoms with Gasteiger partial charge in [-0.25, -0.2) is 8.42 Å². The first-order chi connectivity index (χ1) is 9.47. The van der Waals surface area contributed by atoms with Crippen molar-refractivity contribution >= 4 is 10.4 Å². The molecule has 0 spiro atoms. The third-order valence-electron chi connectivity index (χ3n) is 3.05. The van der Waals surface area contributed by atoms with Crippen molar-refractivity contribution in [1.82, 2.24) is 0 Å². The molecular weight excluding hydrogens is 278 g/mol. The molecule has 0 atom stereocenters. The van der Waals surface area contributed by atoms with Crippen LogP contribution in [0.4, 0.5) is 0 Å². The molecule has 0 bridgehead atoms. The van der Waals surface area contributed by atoms with E-state index in [-0.39, 0.29) is 0 Å². The lowest BCUT2D eigenvalue weighted by atomic mass is 10.1. The molecular formula is C14H33NO4S. The minimum absolute atomic E-state index is 0.808. The van der Waals surface area contributed by atoms with E-state index in [1.54, 1.807) is 0 Å². The van der Waals surface area contributed by atoms with E-state index in [4.69, 9.17) is 0 Å². The van der Waals surface area contributed by atoms with Gasteiger partial charge in [0, 0.05) is 0 Å². The maximum atomic E-state index is 9.22. The SMILES string of the molecule is CCCCCCCCCCCC[NH2+]C.COS(=O)(=O)[O-]. The lowest BCUT2D eigenvalue weighted by molar-refractivity contribution is -0.627. The molecule has 20 heavy (non-hydrogen) atoms. The summed E-state index contributed by atoms with van der Waals surface area (Å²) < 4.78 is 31.0. The lowest BCUT2D eigenvalue weighted by Gasteiger charge is -2.01. The van der Waals surface area contributed by atoms with Crippen LogP contribution in [0.15, 0.2) is 0 Å². The molecule has 0 aliphatic carbocycles. The number of nitrogens with two attached hydrogens (primary N) is 1.